The zero-order valence-electron chi connectivity index (χ0n) is 10.1. The van der Waals surface area contributed by atoms with E-state index in [0.29, 0.717) is 13.2 Å². The van der Waals surface area contributed by atoms with Gasteiger partial charge in [-0.15, -0.1) is 6.58 Å². The Kier molecular flexibility index (Phi) is 4.96. The summed E-state index contributed by atoms with van der Waals surface area (Å²) in [6, 6.07) is 0.0156. The Morgan fingerprint density at radius 1 is 1.56 bits per heavy atom. The van der Waals surface area contributed by atoms with Crippen LogP contribution in [0.3, 0.4) is 0 Å². The van der Waals surface area contributed by atoms with Crippen LogP contribution in [0, 0.1) is 5.92 Å². The smallest absolute Gasteiger partial charge is 0.310 e. The number of rotatable bonds is 6. The molecular formula is C12H21NO3. The van der Waals surface area contributed by atoms with Gasteiger partial charge in [0.2, 0.25) is 0 Å². The van der Waals surface area contributed by atoms with E-state index in [1.807, 2.05) is 6.92 Å². The molecule has 16 heavy (non-hydrogen) atoms. The highest BCUT2D eigenvalue weighted by Crippen LogP contribution is 2.20. The van der Waals surface area contributed by atoms with Crippen molar-refractivity contribution in [2.75, 3.05) is 26.3 Å². The highest BCUT2D eigenvalue weighted by Gasteiger charge is 2.37. The molecule has 1 saturated heterocycles. The van der Waals surface area contributed by atoms with Gasteiger partial charge in [-0.3, -0.25) is 9.69 Å². The van der Waals surface area contributed by atoms with E-state index in [1.165, 1.54) is 0 Å². The van der Waals surface area contributed by atoms with E-state index in [0.717, 1.165) is 25.1 Å². The Balaban J connectivity index is 2.57. The number of likely N-dealkylation sites (N-methyl/N-ethyl adjacent to an activating group) is 1. The molecule has 4 nitrogen and oxygen atoms in total. The first-order valence-corrected chi connectivity index (χ1v) is 5.75. The third-order valence-electron chi connectivity index (χ3n) is 3.07. The maximum absolute atomic E-state index is 11.0. The molecule has 0 bridgehead atoms. The number of ether oxygens (including phenoxy) is 1. The van der Waals surface area contributed by atoms with Crippen molar-refractivity contribution in [2.24, 2.45) is 5.92 Å². The van der Waals surface area contributed by atoms with Crippen LogP contribution in [0.5, 0.6) is 0 Å². The zero-order valence-corrected chi connectivity index (χ0v) is 10.1. The van der Waals surface area contributed by atoms with Gasteiger partial charge in [0.15, 0.2) is 0 Å². The van der Waals surface area contributed by atoms with Gasteiger partial charge < -0.3 is 9.84 Å². The minimum atomic E-state index is -0.753. The molecule has 0 aromatic heterocycles. The normalized spacial score (nSPS) is 24.9. The topological polar surface area (TPSA) is 49.8 Å². The summed E-state index contributed by atoms with van der Waals surface area (Å²) in [5, 5.41) is 9.08. The molecule has 1 aliphatic heterocycles. The van der Waals surface area contributed by atoms with E-state index in [4.69, 9.17) is 9.84 Å². The van der Waals surface area contributed by atoms with Gasteiger partial charge in [-0.1, -0.05) is 12.5 Å². The monoisotopic (exact) mass is 227 g/mol. The van der Waals surface area contributed by atoms with Crippen molar-refractivity contribution in [1.82, 2.24) is 4.90 Å². The molecule has 0 radical (unpaired) electrons. The van der Waals surface area contributed by atoms with E-state index in [2.05, 4.69) is 18.4 Å². The first-order valence-electron chi connectivity index (χ1n) is 5.75. The average molecular weight is 227 g/mol. The van der Waals surface area contributed by atoms with Crippen molar-refractivity contribution >= 4 is 5.97 Å². The molecule has 92 valence electrons. The molecule has 0 aromatic carbocycles. The number of carboxylic acid groups (broad SMARTS) is 1. The van der Waals surface area contributed by atoms with E-state index in [9.17, 15) is 4.79 Å². The third kappa shape index (κ3) is 3.32. The van der Waals surface area contributed by atoms with Crippen LogP contribution in [-0.4, -0.2) is 48.3 Å². The van der Waals surface area contributed by atoms with Crippen LogP contribution in [0.25, 0.3) is 0 Å². The number of aliphatic carboxylic acids is 1. The standard InChI is InChI=1S/C12H21NO3/c1-4-13(6-5-9(2)3)11-8-16-7-10(11)12(14)15/h10-11H,2,4-8H2,1,3H3,(H,14,15). The molecule has 0 aliphatic carbocycles. The van der Waals surface area contributed by atoms with Crippen molar-refractivity contribution in [2.45, 2.75) is 26.3 Å². The summed E-state index contributed by atoms with van der Waals surface area (Å²) < 4.78 is 5.28. The van der Waals surface area contributed by atoms with Crippen LogP contribution in [0.15, 0.2) is 12.2 Å². The summed E-state index contributed by atoms with van der Waals surface area (Å²) in [6.45, 7) is 10.5. The molecule has 0 saturated carbocycles. The second kappa shape index (κ2) is 6.01. The van der Waals surface area contributed by atoms with E-state index >= 15 is 0 Å². The number of carboxylic acids is 1. The van der Waals surface area contributed by atoms with Crippen LogP contribution in [0.4, 0.5) is 0 Å². The Morgan fingerprint density at radius 2 is 2.25 bits per heavy atom. The number of nitrogens with zero attached hydrogens (tertiary/aromatic N) is 1. The van der Waals surface area contributed by atoms with Crippen LogP contribution < -0.4 is 0 Å². The van der Waals surface area contributed by atoms with Gasteiger partial charge >= 0.3 is 5.97 Å². The Morgan fingerprint density at radius 3 is 2.75 bits per heavy atom. The first-order chi connectivity index (χ1) is 7.56. The lowest BCUT2D eigenvalue weighted by molar-refractivity contribution is -0.143. The average Bonchev–Trinajstić information content (AvgIpc) is 2.67. The molecule has 1 aliphatic rings. The quantitative estimate of drug-likeness (QED) is 0.696. The molecule has 1 N–H and O–H groups in total. The zero-order chi connectivity index (χ0) is 12.1. The molecule has 4 heteroatoms. The van der Waals surface area contributed by atoms with Crippen LogP contribution in [-0.2, 0) is 9.53 Å². The number of carbonyl (C=O) groups is 1. The fourth-order valence-corrected chi connectivity index (χ4v) is 2.03. The lowest BCUT2D eigenvalue weighted by atomic mass is 10.0. The summed E-state index contributed by atoms with van der Waals surface area (Å²) in [6.07, 6.45) is 0.913. The Labute approximate surface area is 96.9 Å². The second-order valence-electron chi connectivity index (χ2n) is 4.39. The summed E-state index contributed by atoms with van der Waals surface area (Å²) >= 11 is 0. The van der Waals surface area contributed by atoms with Crippen molar-refractivity contribution in [3.63, 3.8) is 0 Å². The number of hydrogen-bond acceptors (Lipinski definition) is 3. The van der Waals surface area contributed by atoms with Crippen molar-refractivity contribution in [3.05, 3.63) is 12.2 Å². The van der Waals surface area contributed by atoms with E-state index in [-0.39, 0.29) is 12.0 Å². The fourth-order valence-electron chi connectivity index (χ4n) is 2.03. The summed E-state index contributed by atoms with van der Waals surface area (Å²) in [7, 11) is 0. The molecule has 0 spiro atoms. The fraction of sp³-hybridized carbons (Fsp3) is 0.750. The summed E-state index contributed by atoms with van der Waals surface area (Å²) in [4.78, 5) is 13.2. The van der Waals surface area contributed by atoms with Crippen molar-refractivity contribution in [1.29, 1.82) is 0 Å². The van der Waals surface area contributed by atoms with E-state index in [1.54, 1.807) is 0 Å². The van der Waals surface area contributed by atoms with Crippen molar-refractivity contribution < 1.29 is 14.6 Å². The van der Waals surface area contributed by atoms with Gasteiger partial charge in [-0.25, -0.2) is 0 Å². The molecule has 1 fully saturated rings. The number of hydrogen-bond donors (Lipinski definition) is 1. The van der Waals surface area contributed by atoms with Crippen LogP contribution in [0.2, 0.25) is 0 Å². The maximum Gasteiger partial charge on any atom is 0.310 e. The van der Waals surface area contributed by atoms with E-state index < -0.39 is 5.97 Å². The lowest BCUT2D eigenvalue weighted by Gasteiger charge is -2.29. The minimum absolute atomic E-state index is 0.0156. The van der Waals surface area contributed by atoms with Gasteiger partial charge in [0, 0.05) is 12.6 Å². The SMILES string of the molecule is C=C(C)CCN(CC)C1COCC1C(=O)O. The summed E-state index contributed by atoms with van der Waals surface area (Å²) in [5.74, 6) is -1.14. The van der Waals surface area contributed by atoms with Gasteiger partial charge in [-0.05, 0) is 19.9 Å². The Hall–Kier alpha value is -0.870. The maximum atomic E-state index is 11.0. The first kappa shape index (κ1) is 13.2. The molecule has 1 rings (SSSR count). The highest BCUT2D eigenvalue weighted by molar-refractivity contribution is 5.71. The largest absolute Gasteiger partial charge is 0.481 e. The van der Waals surface area contributed by atoms with Gasteiger partial charge in [0.05, 0.1) is 19.1 Å². The minimum Gasteiger partial charge on any atom is -0.481 e. The molecule has 0 amide bonds. The molecular weight excluding hydrogens is 206 g/mol. The molecule has 0 aromatic rings. The lowest BCUT2D eigenvalue weighted by Crippen LogP contribution is -2.43. The highest BCUT2D eigenvalue weighted by atomic mass is 16.5. The third-order valence-corrected chi connectivity index (χ3v) is 3.07. The predicted octanol–water partition coefficient (Wildman–Crippen LogP) is 1.37. The van der Waals surface area contributed by atoms with Crippen molar-refractivity contribution in [3.8, 4) is 0 Å². The molecule has 2 unspecified atom stereocenters. The van der Waals surface area contributed by atoms with Gasteiger partial charge in [-0.2, -0.15) is 0 Å². The van der Waals surface area contributed by atoms with Crippen LogP contribution >= 0.6 is 0 Å². The van der Waals surface area contributed by atoms with Gasteiger partial charge in [0.25, 0.3) is 0 Å². The Bertz CT molecular complexity index is 265. The second-order valence-corrected chi connectivity index (χ2v) is 4.39. The van der Waals surface area contributed by atoms with Crippen LogP contribution in [0.1, 0.15) is 20.3 Å². The molecule has 2 atom stereocenters. The predicted molar refractivity (Wildman–Crippen MR) is 62.4 cm³/mol. The summed E-state index contributed by atoms with van der Waals surface area (Å²) in [5.41, 5.74) is 1.13. The van der Waals surface area contributed by atoms with Gasteiger partial charge in [0.1, 0.15) is 0 Å². The molecule has 1 heterocycles.